The maximum atomic E-state index is 13.3. The summed E-state index contributed by atoms with van der Waals surface area (Å²) in [6, 6.07) is 7.63. The van der Waals surface area contributed by atoms with Crippen molar-refractivity contribution < 1.29 is 9.18 Å². The lowest BCUT2D eigenvalue weighted by atomic mass is 10.0. The molecule has 20 heavy (non-hydrogen) atoms. The van der Waals surface area contributed by atoms with Crippen LogP contribution in [0.25, 0.3) is 0 Å². The number of aromatic amines is 1. The van der Waals surface area contributed by atoms with Crippen LogP contribution in [0.2, 0.25) is 0 Å². The zero-order valence-electron chi connectivity index (χ0n) is 11.1. The molecule has 1 aliphatic heterocycles. The third kappa shape index (κ3) is 1.99. The Bertz CT molecular complexity index is 707. The number of amides is 1. The second kappa shape index (κ2) is 4.56. The van der Waals surface area contributed by atoms with Crippen LogP contribution in [0.1, 0.15) is 24.2 Å². The largest absolute Gasteiger partial charge is 0.283 e. The van der Waals surface area contributed by atoms with Gasteiger partial charge in [0.2, 0.25) is 0 Å². The highest BCUT2D eigenvalue weighted by molar-refractivity contribution is 6.18. The SMILES string of the molecule is CC1=NN(c2cccc(F)c2)C(=O)C1c1cc(C)[nH]n1. The highest BCUT2D eigenvalue weighted by atomic mass is 19.1. The van der Waals surface area contributed by atoms with Gasteiger partial charge in [-0.2, -0.15) is 15.2 Å². The van der Waals surface area contributed by atoms with Gasteiger partial charge in [-0.3, -0.25) is 9.89 Å². The maximum absolute atomic E-state index is 13.3. The molecule has 1 N–H and O–H groups in total. The molecule has 0 radical (unpaired) electrons. The number of nitrogens with zero attached hydrogens (tertiary/aromatic N) is 3. The van der Waals surface area contributed by atoms with Gasteiger partial charge < -0.3 is 0 Å². The van der Waals surface area contributed by atoms with Crippen molar-refractivity contribution in [1.29, 1.82) is 0 Å². The zero-order valence-corrected chi connectivity index (χ0v) is 11.1. The Kier molecular flexibility index (Phi) is 2.85. The van der Waals surface area contributed by atoms with E-state index in [2.05, 4.69) is 15.3 Å². The first-order valence-corrected chi connectivity index (χ1v) is 6.23. The molecule has 1 unspecified atom stereocenters. The van der Waals surface area contributed by atoms with Crippen LogP contribution < -0.4 is 5.01 Å². The molecule has 1 atom stereocenters. The van der Waals surface area contributed by atoms with Gasteiger partial charge in [-0.15, -0.1) is 0 Å². The predicted molar refractivity (Wildman–Crippen MR) is 73.1 cm³/mol. The van der Waals surface area contributed by atoms with E-state index in [1.54, 1.807) is 19.1 Å². The van der Waals surface area contributed by atoms with Gasteiger partial charge in [0.1, 0.15) is 11.7 Å². The summed E-state index contributed by atoms with van der Waals surface area (Å²) in [5.74, 6) is -1.13. The minimum absolute atomic E-state index is 0.223. The molecule has 3 rings (SSSR count). The number of halogens is 1. The van der Waals surface area contributed by atoms with E-state index in [1.165, 1.54) is 17.1 Å². The Labute approximate surface area is 115 Å². The van der Waals surface area contributed by atoms with Crippen molar-refractivity contribution in [1.82, 2.24) is 10.2 Å². The summed E-state index contributed by atoms with van der Waals surface area (Å²) in [6.07, 6.45) is 0. The summed E-state index contributed by atoms with van der Waals surface area (Å²) in [6.45, 7) is 3.64. The minimum atomic E-state index is -0.511. The Morgan fingerprint density at radius 2 is 2.10 bits per heavy atom. The predicted octanol–water partition coefficient (Wildman–Crippen LogP) is 2.36. The Morgan fingerprint density at radius 1 is 1.30 bits per heavy atom. The van der Waals surface area contributed by atoms with Crippen LogP contribution in [-0.4, -0.2) is 21.8 Å². The number of hydrogen-bond donors (Lipinski definition) is 1. The van der Waals surface area contributed by atoms with Crippen LogP contribution >= 0.6 is 0 Å². The van der Waals surface area contributed by atoms with E-state index in [0.29, 0.717) is 17.1 Å². The second-order valence-corrected chi connectivity index (χ2v) is 4.78. The Balaban J connectivity index is 1.96. The van der Waals surface area contributed by atoms with Gasteiger partial charge in [0.05, 0.1) is 17.1 Å². The van der Waals surface area contributed by atoms with Crippen LogP contribution in [-0.2, 0) is 4.79 Å². The first-order chi connectivity index (χ1) is 9.56. The summed E-state index contributed by atoms with van der Waals surface area (Å²) in [5, 5.41) is 12.4. The molecular weight excluding hydrogens is 259 g/mol. The normalized spacial score (nSPS) is 18.6. The van der Waals surface area contributed by atoms with Gasteiger partial charge in [0.15, 0.2) is 0 Å². The topological polar surface area (TPSA) is 61.4 Å². The molecule has 1 aliphatic rings. The quantitative estimate of drug-likeness (QED) is 0.912. The molecular formula is C14H13FN4O. The fourth-order valence-electron chi connectivity index (χ4n) is 2.29. The van der Waals surface area contributed by atoms with Crippen molar-refractivity contribution in [3.63, 3.8) is 0 Å². The summed E-state index contributed by atoms with van der Waals surface area (Å²) in [5.41, 5.74) is 2.58. The zero-order chi connectivity index (χ0) is 14.3. The van der Waals surface area contributed by atoms with Crippen molar-refractivity contribution in [3.05, 3.63) is 47.5 Å². The number of nitrogens with one attached hydrogen (secondary N) is 1. The molecule has 0 bridgehead atoms. The third-order valence-electron chi connectivity index (χ3n) is 3.21. The lowest BCUT2D eigenvalue weighted by molar-refractivity contribution is -0.118. The molecule has 1 aromatic carbocycles. The standard InChI is InChI=1S/C14H13FN4O/c1-8-6-12(17-16-8)13-9(2)18-19(14(13)20)11-5-3-4-10(15)7-11/h3-7,13H,1-2H3,(H,16,17). The first-order valence-electron chi connectivity index (χ1n) is 6.23. The summed E-state index contributed by atoms with van der Waals surface area (Å²) in [4.78, 5) is 12.5. The molecule has 6 heteroatoms. The van der Waals surface area contributed by atoms with Gasteiger partial charge in [-0.25, -0.2) is 4.39 Å². The number of rotatable bonds is 2. The molecule has 0 spiro atoms. The van der Waals surface area contributed by atoms with Gasteiger partial charge in [0, 0.05) is 5.69 Å². The number of hydrogen-bond acceptors (Lipinski definition) is 3. The monoisotopic (exact) mass is 272 g/mol. The van der Waals surface area contributed by atoms with Crippen molar-refractivity contribution >= 4 is 17.3 Å². The van der Waals surface area contributed by atoms with Crippen LogP contribution in [0, 0.1) is 12.7 Å². The molecule has 102 valence electrons. The lowest BCUT2D eigenvalue weighted by Crippen LogP contribution is -2.26. The number of aromatic nitrogens is 2. The van der Waals surface area contributed by atoms with Gasteiger partial charge in [-0.1, -0.05) is 6.07 Å². The van der Waals surface area contributed by atoms with Gasteiger partial charge >= 0.3 is 0 Å². The number of aryl methyl sites for hydroxylation is 1. The average molecular weight is 272 g/mol. The highest BCUT2D eigenvalue weighted by Crippen LogP contribution is 2.29. The van der Waals surface area contributed by atoms with Gasteiger partial charge in [-0.05, 0) is 38.1 Å². The van der Waals surface area contributed by atoms with E-state index >= 15 is 0 Å². The fourth-order valence-corrected chi connectivity index (χ4v) is 2.29. The molecule has 5 nitrogen and oxygen atoms in total. The van der Waals surface area contributed by atoms with Crippen LogP contribution in [0.3, 0.4) is 0 Å². The Hall–Kier alpha value is -2.50. The molecule has 1 aromatic heterocycles. The number of hydrazone groups is 1. The van der Waals surface area contributed by atoms with Gasteiger partial charge in [0.25, 0.3) is 5.91 Å². The lowest BCUT2D eigenvalue weighted by Gasteiger charge is -2.13. The molecule has 0 aliphatic carbocycles. The minimum Gasteiger partial charge on any atom is -0.283 e. The number of carbonyl (C=O) groups is 1. The summed E-state index contributed by atoms with van der Waals surface area (Å²) < 4.78 is 13.3. The Morgan fingerprint density at radius 3 is 2.75 bits per heavy atom. The van der Waals surface area contributed by atoms with Crippen molar-refractivity contribution in [2.75, 3.05) is 5.01 Å². The number of anilines is 1. The second-order valence-electron chi connectivity index (χ2n) is 4.78. The van der Waals surface area contributed by atoms with E-state index in [-0.39, 0.29) is 5.91 Å². The number of H-pyrrole nitrogens is 1. The number of benzene rings is 1. The molecule has 0 saturated carbocycles. The van der Waals surface area contributed by atoms with Crippen molar-refractivity contribution in [2.45, 2.75) is 19.8 Å². The van der Waals surface area contributed by atoms with E-state index in [9.17, 15) is 9.18 Å². The smallest absolute Gasteiger partial charge is 0.262 e. The van der Waals surface area contributed by atoms with E-state index in [1.807, 2.05) is 13.0 Å². The number of carbonyl (C=O) groups excluding carboxylic acids is 1. The van der Waals surface area contributed by atoms with Crippen LogP contribution in [0.15, 0.2) is 35.4 Å². The molecule has 2 aromatic rings. The highest BCUT2D eigenvalue weighted by Gasteiger charge is 2.37. The fraction of sp³-hybridized carbons (Fsp3) is 0.214. The maximum Gasteiger partial charge on any atom is 0.262 e. The van der Waals surface area contributed by atoms with E-state index < -0.39 is 11.7 Å². The van der Waals surface area contributed by atoms with Crippen LogP contribution in [0.5, 0.6) is 0 Å². The first kappa shape index (κ1) is 12.5. The third-order valence-corrected chi connectivity index (χ3v) is 3.21. The molecule has 0 saturated heterocycles. The van der Waals surface area contributed by atoms with Crippen molar-refractivity contribution in [2.24, 2.45) is 5.10 Å². The molecule has 1 amide bonds. The summed E-state index contributed by atoms with van der Waals surface area (Å²) >= 11 is 0. The molecule has 0 fully saturated rings. The average Bonchev–Trinajstić information content (AvgIpc) is 2.93. The molecule has 2 heterocycles. The van der Waals surface area contributed by atoms with E-state index in [4.69, 9.17) is 0 Å². The van der Waals surface area contributed by atoms with Crippen LogP contribution in [0.4, 0.5) is 10.1 Å². The van der Waals surface area contributed by atoms with E-state index in [0.717, 1.165) is 5.69 Å². The summed E-state index contributed by atoms with van der Waals surface area (Å²) in [7, 11) is 0. The van der Waals surface area contributed by atoms with Crippen molar-refractivity contribution in [3.8, 4) is 0 Å².